The summed E-state index contributed by atoms with van der Waals surface area (Å²) in [6.45, 7) is 3.25. The number of benzene rings is 1. The zero-order valence-corrected chi connectivity index (χ0v) is 13.0. The Morgan fingerprint density at radius 3 is 2.55 bits per heavy atom. The van der Waals surface area contributed by atoms with Crippen molar-refractivity contribution in [2.24, 2.45) is 5.92 Å². The molecule has 4 rings (SSSR count). The van der Waals surface area contributed by atoms with Crippen molar-refractivity contribution in [3.8, 4) is 17.6 Å². The first kappa shape index (κ1) is 15.4. The predicted molar refractivity (Wildman–Crippen MR) is 84.8 cm³/mol. The quantitative estimate of drug-likeness (QED) is 0.676. The van der Waals surface area contributed by atoms with Gasteiger partial charge in [0.2, 0.25) is 0 Å². The van der Waals surface area contributed by atoms with Crippen LogP contribution in [-0.4, -0.2) is 55.6 Å². The van der Waals surface area contributed by atoms with Crippen LogP contribution in [-0.2, 0) is 4.74 Å². The second kappa shape index (κ2) is 7.15. The smallest absolute Gasteiger partial charge is 0.119 e. The van der Waals surface area contributed by atoms with Gasteiger partial charge in [-0.25, -0.2) is 0 Å². The minimum absolute atomic E-state index is 0.00914. The summed E-state index contributed by atoms with van der Waals surface area (Å²) in [5, 5.41) is 10.3. The minimum Gasteiger partial charge on any atom is -0.491 e. The molecule has 3 saturated heterocycles. The number of aliphatic hydroxyl groups is 1. The van der Waals surface area contributed by atoms with Crippen LogP contribution >= 0.6 is 0 Å². The van der Waals surface area contributed by atoms with Gasteiger partial charge in [0, 0.05) is 12.7 Å². The highest BCUT2D eigenvalue weighted by atomic mass is 16.5. The van der Waals surface area contributed by atoms with E-state index in [-0.39, 0.29) is 12.1 Å². The first-order chi connectivity index (χ1) is 10.8. The second-order valence-electron chi connectivity index (χ2n) is 5.94. The number of ether oxygens (including phenoxy) is 2. The lowest BCUT2D eigenvalue weighted by molar-refractivity contribution is -0.0500. The van der Waals surface area contributed by atoms with Gasteiger partial charge in [-0.05, 0) is 56.1 Å². The number of hydrogen-bond donors (Lipinski definition) is 1. The Kier molecular flexibility index (Phi) is 4.99. The first-order valence-electron chi connectivity index (χ1n) is 7.93. The maximum absolute atomic E-state index is 10.3. The number of piperidine rings is 3. The van der Waals surface area contributed by atoms with Crippen molar-refractivity contribution in [1.82, 2.24) is 4.90 Å². The molecule has 3 aliphatic heterocycles. The Morgan fingerprint density at radius 2 is 1.91 bits per heavy atom. The van der Waals surface area contributed by atoms with E-state index in [1.54, 1.807) is 7.11 Å². The lowest BCUT2D eigenvalue weighted by atomic mass is 9.81. The summed E-state index contributed by atoms with van der Waals surface area (Å²) in [6.07, 6.45) is 1.91. The van der Waals surface area contributed by atoms with E-state index < -0.39 is 0 Å². The highest BCUT2D eigenvalue weighted by Gasteiger charge is 2.40. The lowest BCUT2D eigenvalue weighted by Gasteiger charge is -2.46. The molecule has 0 spiro atoms. The average molecular weight is 301 g/mol. The molecule has 4 heteroatoms. The van der Waals surface area contributed by atoms with Gasteiger partial charge in [-0.3, -0.25) is 4.90 Å². The minimum atomic E-state index is -0.299. The van der Waals surface area contributed by atoms with E-state index in [4.69, 9.17) is 9.47 Å². The number of aliphatic hydroxyl groups excluding tert-OH is 1. The van der Waals surface area contributed by atoms with E-state index in [9.17, 15) is 5.11 Å². The highest BCUT2D eigenvalue weighted by Crippen LogP contribution is 2.31. The summed E-state index contributed by atoms with van der Waals surface area (Å²) >= 11 is 0. The van der Waals surface area contributed by atoms with Crippen molar-refractivity contribution in [2.75, 3.05) is 33.4 Å². The van der Waals surface area contributed by atoms with E-state index in [0.717, 1.165) is 37.2 Å². The van der Waals surface area contributed by atoms with E-state index in [2.05, 4.69) is 16.7 Å². The van der Waals surface area contributed by atoms with Crippen LogP contribution in [0.4, 0.5) is 0 Å². The highest BCUT2D eigenvalue weighted by molar-refractivity contribution is 5.39. The van der Waals surface area contributed by atoms with Crippen molar-refractivity contribution in [3.63, 3.8) is 0 Å². The Balaban J connectivity index is 1.61. The standard InChI is InChI=1S/C18H23NO3/c1-21-12-13-22-16-5-2-14(3-6-16)4-7-17-18(20)15-8-10-19(17)11-9-15/h2-3,5-6,15,17-18,20H,8-13H2,1H3. The molecule has 0 aromatic heterocycles. The fourth-order valence-electron chi connectivity index (χ4n) is 3.22. The van der Waals surface area contributed by atoms with Crippen LogP contribution in [0.2, 0.25) is 0 Å². The van der Waals surface area contributed by atoms with Crippen LogP contribution in [0.1, 0.15) is 18.4 Å². The number of methoxy groups -OCH3 is 1. The zero-order valence-electron chi connectivity index (χ0n) is 13.0. The third-order valence-electron chi connectivity index (χ3n) is 4.55. The molecule has 0 aliphatic carbocycles. The molecular formula is C18H23NO3. The number of rotatable bonds is 4. The van der Waals surface area contributed by atoms with Gasteiger partial charge in [-0.1, -0.05) is 11.8 Å². The van der Waals surface area contributed by atoms with Crippen LogP contribution < -0.4 is 4.74 Å². The Morgan fingerprint density at radius 1 is 1.18 bits per heavy atom. The normalized spacial score (nSPS) is 29.7. The maximum Gasteiger partial charge on any atom is 0.119 e. The van der Waals surface area contributed by atoms with Crippen molar-refractivity contribution in [3.05, 3.63) is 29.8 Å². The van der Waals surface area contributed by atoms with E-state index in [1.165, 1.54) is 0 Å². The summed E-state index contributed by atoms with van der Waals surface area (Å²) in [6, 6.07) is 7.74. The van der Waals surface area contributed by atoms with Gasteiger partial charge >= 0.3 is 0 Å². The fourth-order valence-corrected chi connectivity index (χ4v) is 3.22. The molecule has 2 atom stereocenters. The van der Waals surface area contributed by atoms with E-state index >= 15 is 0 Å². The van der Waals surface area contributed by atoms with Crippen molar-refractivity contribution < 1.29 is 14.6 Å². The Bertz CT molecular complexity index is 536. The number of hydrogen-bond acceptors (Lipinski definition) is 4. The van der Waals surface area contributed by atoms with Crippen LogP contribution in [0.3, 0.4) is 0 Å². The monoisotopic (exact) mass is 301 g/mol. The molecule has 0 radical (unpaired) electrons. The van der Waals surface area contributed by atoms with E-state index in [1.807, 2.05) is 24.3 Å². The van der Waals surface area contributed by atoms with Gasteiger partial charge in [-0.2, -0.15) is 0 Å². The van der Waals surface area contributed by atoms with Gasteiger partial charge in [0.05, 0.1) is 18.8 Å². The van der Waals surface area contributed by atoms with Crippen molar-refractivity contribution in [1.29, 1.82) is 0 Å². The maximum atomic E-state index is 10.3. The Hall–Kier alpha value is -1.54. The molecule has 2 bridgehead atoms. The molecule has 0 saturated carbocycles. The summed E-state index contributed by atoms with van der Waals surface area (Å²) in [5.41, 5.74) is 0.953. The summed E-state index contributed by atoms with van der Waals surface area (Å²) in [5.74, 6) is 7.70. The average Bonchev–Trinajstić information content (AvgIpc) is 2.56. The molecule has 0 amide bonds. The number of nitrogens with zero attached hydrogens (tertiary/aromatic N) is 1. The van der Waals surface area contributed by atoms with Gasteiger partial charge in [-0.15, -0.1) is 0 Å². The molecule has 1 aromatic rings. The SMILES string of the molecule is COCCOc1ccc(C#CC2C(O)C3CCN2CC3)cc1. The summed E-state index contributed by atoms with van der Waals surface area (Å²) in [4.78, 5) is 2.31. The number of fused-ring (bicyclic) bond motifs is 3. The first-order valence-corrected chi connectivity index (χ1v) is 7.93. The second-order valence-corrected chi connectivity index (χ2v) is 5.94. The van der Waals surface area contributed by atoms with Gasteiger partial charge < -0.3 is 14.6 Å². The van der Waals surface area contributed by atoms with Crippen LogP contribution in [0.15, 0.2) is 24.3 Å². The largest absolute Gasteiger partial charge is 0.491 e. The van der Waals surface area contributed by atoms with Crippen molar-refractivity contribution in [2.45, 2.75) is 25.0 Å². The molecule has 1 N–H and O–H groups in total. The molecule has 3 aliphatic rings. The third-order valence-corrected chi connectivity index (χ3v) is 4.55. The molecule has 1 aromatic carbocycles. The molecule has 3 fully saturated rings. The molecule has 2 unspecified atom stereocenters. The van der Waals surface area contributed by atoms with Gasteiger partial charge in [0.1, 0.15) is 12.4 Å². The molecule has 4 nitrogen and oxygen atoms in total. The van der Waals surface area contributed by atoms with Crippen molar-refractivity contribution >= 4 is 0 Å². The summed E-state index contributed by atoms with van der Waals surface area (Å²) < 4.78 is 10.5. The third kappa shape index (κ3) is 3.44. The zero-order chi connectivity index (χ0) is 15.4. The molecular weight excluding hydrogens is 278 g/mol. The fraction of sp³-hybridized carbons (Fsp3) is 0.556. The lowest BCUT2D eigenvalue weighted by Crippen LogP contribution is -2.57. The van der Waals surface area contributed by atoms with Gasteiger partial charge in [0.15, 0.2) is 0 Å². The van der Waals surface area contributed by atoms with Crippen LogP contribution in [0.5, 0.6) is 5.75 Å². The predicted octanol–water partition coefficient (Wildman–Crippen LogP) is 1.52. The summed E-state index contributed by atoms with van der Waals surface area (Å²) in [7, 11) is 1.66. The topological polar surface area (TPSA) is 41.9 Å². The van der Waals surface area contributed by atoms with E-state index in [0.29, 0.717) is 19.1 Å². The molecule has 118 valence electrons. The molecule has 22 heavy (non-hydrogen) atoms. The van der Waals surface area contributed by atoms with Gasteiger partial charge in [0.25, 0.3) is 0 Å². The van der Waals surface area contributed by atoms with Crippen LogP contribution in [0.25, 0.3) is 0 Å². The Labute approximate surface area is 132 Å². The molecule has 3 heterocycles. The van der Waals surface area contributed by atoms with Crippen LogP contribution in [0, 0.1) is 17.8 Å².